The minimum Gasteiger partial charge on any atom is -0.396 e. The first-order chi connectivity index (χ1) is 7.37. The van der Waals surface area contributed by atoms with Crippen molar-refractivity contribution < 1.29 is 9.84 Å². The van der Waals surface area contributed by atoms with Gasteiger partial charge in [-0.25, -0.2) is 0 Å². The third kappa shape index (κ3) is 2.21. The predicted molar refractivity (Wildman–Crippen MR) is 59.9 cm³/mol. The first-order valence-corrected chi connectivity index (χ1v) is 5.61. The van der Waals surface area contributed by atoms with Crippen LogP contribution in [0, 0.1) is 0 Å². The van der Waals surface area contributed by atoms with E-state index in [2.05, 4.69) is 24.3 Å². The van der Waals surface area contributed by atoms with Crippen LogP contribution >= 0.6 is 0 Å². The molecule has 1 fully saturated rings. The van der Waals surface area contributed by atoms with Crippen molar-refractivity contribution in [3.63, 3.8) is 0 Å². The summed E-state index contributed by atoms with van der Waals surface area (Å²) in [5.41, 5.74) is 1.35. The lowest BCUT2D eigenvalue weighted by atomic mass is 9.74. The Balaban J connectivity index is 2.25. The molecular weight excluding hydrogens is 188 g/mol. The highest BCUT2D eigenvalue weighted by Crippen LogP contribution is 2.35. The van der Waals surface area contributed by atoms with E-state index in [0.29, 0.717) is 0 Å². The van der Waals surface area contributed by atoms with Gasteiger partial charge in [0.05, 0.1) is 6.61 Å². The summed E-state index contributed by atoms with van der Waals surface area (Å²) in [5, 5.41) is 9.19. The lowest BCUT2D eigenvalue weighted by Crippen LogP contribution is -2.37. The maximum Gasteiger partial charge on any atom is 0.0563 e. The smallest absolute Gasteiger partial charge is 0.0563 e. The van der Waals surface area contributed by atoms with Crippen LogP contribution in [0.25, 0.3) is 0 Å². The Bertz CT molecular complexity index is 283. The average Bonchev–Trinajstić information content (AvgIpc) is 2.32. The quantitative estimate of drug-likeness (QED) is 0.820. The molecule has 0 aromatic heterocycles. The van der Waals surface area contributed by atoms with Gasteiger partial charge in [-0.15, -0.1) is 0 Å². The van der Waals surface area contributed by atoms with Crippen molar-refractivity contribution in [1.29, 1.82) is 0 Å². The number of ether oxygens (including phenoxy) is 1. The van der Waals surface area contributed by atoms with Crippen molar-refractivity contribution in [2.45, 2.75) is 24.7 Å². The lowest BCUT2D eigenvalue weighted by Gasteiger charge is -2.37. The van der Waals surface area contributed by atoms with E-state index >= 15 is 0 Å². The Labute approximate surface area is 90.9 Å². The topological polar surface area (TPSA) is 29.5 Å². The summed E-state index contributed by atoms with van der Waals surface area (Å²) in [4.78, 5) is 0. The van der Waals surface area contributed by atoms with E-state index in [1.165, 1.54) is 5.56 Å². The van der Waals surface area contributed by atoms with Gasteiger partial charge in [0.25, 0.3) is 0 Å². The van der Waals surface area contributed by atoms with Gasteiger partial charge in [0.15, 0.2) is 0 Å². The van der Waals surface area contributed by atoms with E-state index in [-0.39, 0.29) is 12.0 Å². The van der Waals surface area contributed by atoms with Crippen molar-refractivity contribution >= 4 is 0 Å². The molecule has 0 aliphatic carbocycles. The minimum atomic E-state index is 0.0499. The van der Waals surface area contributed by atoms with Crippen molar-refractivity contribution in [2.24, 2.45) is 0 Å². The number of aliphatic hydroxyl groups excluding tert-OH is 1. The van der Waals surface area contributed by atoms with Crippen molar-refractivity contribution in [2.75, 3.05) is 19.8 Å². The van der Waals surface area contributed by atoms with Crippen molar-refractivity contribution in [3.8, 4) is 0 Å². The summed E-state index contributed by atoms with van der Waals surface area (Å²) in [6.07, 6.45) is 3.02. The summed E-state index contributed by atoms with van der Waals surface area (Å²) in [6, 6.07) is 10.4. The van der Waals surface area contributed by atoms with Gasteiger partial charge in [-0.3, -0.25) is 0 Å². The van der Waals surface area contributed by atoms with Gasteiger partial charge >= 0.3 is 0 Å². The maximum atomic E-state index is 9.19. The van der Waals surface area contributed by atoms with Crippen LogP contribution in [0.4, 0.5) is 0 Å². The molecule has 2 nitrogen and oxygen atoms in total. The summed E-state index contributed by atoms with van der Waals surface area (Å²) in [6.45, 7) is 1.84. The molecule has 1 atom stereocenters. The van der Waals surface area contributed by atoms with Crippen LogP contribution in [-0.4, -0.2) is 24.9 Å². The summed E-state index contributed by atoms with van der Waals surface area (Å²) >= 11 is 0. The molecule has 0 saturated carbocycles. The molecule has 82 valence electrons. The second-order valence-electron chi connectivity index (χ2n) is 4.28. The largest absolute Gasteiger partial charge is 0.396 e. The van der Waals surface area contributed by atoms with Gasteiger partial charge in [0.1, 0.15) is 0 Å². The van der Waals surface area contributed by atoms with Gasteiger partial charge in [0, 0.05) is 18.6 Å². The Kier molecular flexibility index (Phi) is 3.39. The van der Waals surface area contributed by atoms with Crippen molar-refractivity contribution in [1.82, 2.24) is 0 Å². The summed E-state index contributed by atoms with van der Waals surface area (Å²) in [5.74, 6) is 0. The molecule has 0 radical (unpaired) electrons. The van der Waals surface area contributed by atoms with E-state index in [1.54, 1.807) is 0 Å². The highest BCUT2D eigenvalue weighted by atomic mass is 16.5. The van der Waals surface area contributed by atoms with Crippen LogP contribution < -0.4 is 0 Å². The van der Waals surface area contributed by atoms with E-state index in [4.69, 9.17) is 4.74 Å². The highest BCUT2D eigenvalue weighted by Gasteiger charge is 2.33. The predicted octanol–water partition coefficient (Wildman–Crippen LogP) is 2.12. The fourth-order valence-electron chi connectivity index (χ4n) is 2.43. The number of hydrogen-bond donors (Lipinski definition) is 1. The highest BCUT2D eigenvalue weighted by molar-refractivity contribution is 5.26. The molecule has 1 saturated heterocycles. The van der Waals surface area contributed by atoms with E-state index in [1.807, 2.05) is 6.07 Å². The van der Waals surface area contributed by atoms with Crippen LogP contribution in [0.3, 0.4) is 0 Å². The fourth-order valence-corrected chi connectivity index (χ4v) is 2.43. The molecule has 0 spiro atoms. The van der Waals surface area contributed by atoms with Gasteiger partial charge in [-0.05, 0) is 24.8 Å². The van der Waals surface area contributed by atoms with Gasteiger partial charge in [-0.1, -0.05) is 30.3 Å². The van der Waals surface area contributed by atoms with Gasteiger partial charge in [0.2, 0.25) is 0 Å². The first-order valence-electron chi connectivity index (χ1n) is 5.61. The maximum absolute atomic E-state index is 9.19. The van der Waals surface area contributed by atoms with Crippen LogP contribution in [0.15, 0.2) is 30.3 Å². The van der Waals surface area contributed by atoms with Gasteiger partial charge < -0.3 is 9.84 Å². The molecule has 0 bridgehead atoms. The van der Waals surface area contributed by atoms with E-state index < -0.39 is 0 Å². The van der Waals surface area contributed by atoms with E-state index in [0.717, 1.165) is 32.5 Å². The molecule has 1 aromatic rings. The molecule has 1 aromatic carbocycles. The number of hydrogen-bond acceptors (Lipinski definition) is 2. The average molecular weight is 206 g/mol. The van der Waals surface area contributed by atoms with Crippen molar-refractivity contribution in [3.05, 3.63) is 35.9 Å². The molecule has 1 aliphatic heterocycles. The van der Waals surface area contributed by atoms with Crippen LogP contribution in [-0.2, 0) is 10.2 Å². The standard InChI is InChI=1S/C13H18O2/c14-9-8-13(7-4-10-15-11-13)12-5-2-1-3-6-12/h1-3,5-6,14H,4,7-11H2. The van der Waals surface area contributed by atoms with Crippen LogP contribution in [0.2, 0.25) is 0 Å². The second kappa shape index (κ2) is 4.77. The number of rotatable bonds is 3. The zero-order valence-electron chi connectivity index (χ0n) is 8.98. The molecule has 0 amide bonds. The monoisotopic (exact) mass is 206 g/mol. The Morgan fingerprint density at radius 1 is 1.27 bits per heavy atom. The minimum absolute atomic E-state index is 0.0499. The third-order valence-corrected chi connectivity index (χ3v) is 3.30. The van der Waals surface area contributed by atoms with Crippen LogP contribution in [0.5, 0.6) is 0 Å². The fraction of sp³-hybridized carbons (Fsp3) is 0.538. The zero-order chi connectivity index (χ0) is 10.6. The molecule has 15 heavy (non-hydrogen) atoms. The lowest BCUT2D eigenvalue weighted by molar-refractivity contribution is 0.0227. The molecule has 1 unspecified atom stereocenters. The summed E-state index contributed by atoms with van der Waals surface area (Å²) in [7, 11) is 0. The summed E-state index contributed by atoms with van der Waals surface area (Å²) < 4.78 is 5.58. The first kappa shape index (κ1) is 10.7. The zero-order valence-corrected chi connectivity index (χ0v) is 8.98. The molecule has 2 rings (SSSR count). The molecule has 1 aliphatic rings. The Morgan fingerprint density at radius 3 is 2.67 bits per heavy atom. The molecule has 2 heteroatoms. The van der Waals surface area contributed by atoms with Gasteiger partial charge in [-0.2, -0.15) is 0 Å². The number of aliphatic hydroxyl groups is 1. The third-order valence-electron chi connectivity index (χ3n) is 3.30. The van der Waals surface area contributed by atoms with Crippen LogP contribution in [0.1, 0.15) is 24.8 Å². The Morgan fingerprint density at radius 2 is 2.07 bits per heavy atom. The molecular formula is C13H18O2. The Hall–Kier alpha value is -0.860. The molecule has 1 N–H and O–H groups in total. The second-order valence-corrected chi connectivity index (χ2v) is 4.28. The SMILES string of the molecule is OCCC1(c2ccccc2)CCCOC1. The number of benzene rings is 1. The normalized spacial score (nSPS) is 26.5. The molecule has 1 heterocycles. The van der Waals surface area contributed by atoms with E-state index in [9.17, 15) is 5.11 Å².